The Morgan fingerprint density at radius 1 is 1.06 bits per heavy atom. The molecule has 0 bridgehead atoms. The molecule has 0 saturated heterocycles. The second-order valence-electron chi connectivity index (χ2n) is 6.63. The van der Waals surface area contributed by atoms with Crippen LogP contribution in [0.25, 0.3) is 0 Å². The molecule has 1 aromatic carbocycles. The summed E-state index contributed by atoms with van der Waals surface area (Å²) in [4.78, 5) is 0. The van der Waals surface area contributed by atoms with Crippen LogP contribution in [0, 0.1) is 5.92 Å². The third-order valence-electron chi connectivity index (χ3n) is 4.02. The fraction of sp³-hybridized carbons (Fsp3) is 0.647. The fourth-order valence-corrected chi connectivity index (χ4v) is 2.57. The number of hydrogen-bond donors (Lipinski definition) is 1. The summed E-state index contributed by atoms with van der Waals surface area (Å²) >= 11 is 0. The van der Waals surface area contributed by atoms with Gasteiger partial charge in [0.25, 0.3) is 0 Å². The molecule has 1 unspecified atom stereocenters. The van der Waals surface area contributed by atoms with Crippen molar-refractivity contribution < 1.29 is 0 Å². The van der Waals surface area contributed by atoms with E-state index >= 15 is 0 Å². The van der Waals surface area contributed by atoms with E-state index in [0.717, 1.165) is 13.0 Å². The summed E-state index contributed by atoms with van der Waals surface area (Å²) in [7, 11) is 0. The Hall–Kier alpha value is -0.820. The molecule has 0 heterocycles. The third kappa shape index (κ3) is 3.58. The van der Waals surface area contributed by atoms with Crippen molar-refractivity contribution >= 4 is 0 Å². The molecule has 0 radical (unpaired) electrons. The lowest BCUT2D eigenvalue weighted by Gasteiger charge is -2.40. The van der Waals surface area contributed by atoms with Crippen LogP contribution in [0.15, 0.2) is 30.3 Å². The fourth-order valence-electron chi connectivity index (χ4n) is 2.57. The Balaban J connectivity index is 3.03. The van der Waals surface area contributed by atoms with E-state index in [1.165, 1.54) is 5.56 Å². The van der Waals surface area contributed by atoms with Crippen LogP contribution in [-0.4, -0.2) is 12.1 Å². The van der Waals surface area contributed by atoms with E-state index in [9.17, 15) is 0 Å². The van der Waals surface area contributed by atoms with E-state index in [1.807, 2.05) is 0 Å². The lowest BCUT2D eigenvalue weighted by Crippen LogP contribution is -2.48. The minimum absolute atomic E-state index is 0.171. The lowest BCUT2D eigenvalue weighted by atomic mass is 9.69. The monoisotopic (exact) mass is 247 g/mol. The predicted octanol–water partition coefficient (Wildman–Crippen LogP) is 4.38. The van der Waals surface area contributed by atoms with Crippen molar-refractivity contribution in [3.05, 3.63) is 35.9 Å². The average molecular weight is 247 g/mol. The van der Waals surface area contributed by atoms with Gasteiger partial charge in [-0.3, -0.25) is 0 Å². The van der Waals surface area contributed by atoms with Crippen LogP contribution in [0.1, 0.15) is 53.5 Å². The molecule has 0 aliphatic carbocycles. The van der Waals surface area contributed by atoms with Gasteiger partial charge in [0, 0.05) is 17.5 Å². The summed E-state index contributed by atoms with van der Waals surface area (Å²) in [5, 5.41) is 3.69. The van der Waals surface area contributed by atoms with E-state index in [1.54, 1.807) is 0 Å². The third-order valence-corrected chi connectivity index (χ3v) is 4.02. The zero-order valence-corrected chi connectivity index (χ0v) is 12.9. The Kier molecular flexibility index (Phi) is 4.98. The molecule has 1 atom stereocenters. The van der Waals surface area contributed by atoms with Crippen molar-refractivity contribution in [2.75, 3.05) is 6.54 Å². The molecule has 0 aromatic heterocycles. The van der Waals surface area contributed by atoms with Gasteiger partial charge in [0.1, 0.15) is 0 Å². The zero-order valence-electron chi connectivity index (χ0n) is 12.9. The van der Waals surface area contributed by atoms with E-state index in [0.29, 0.717) is 5.92 Å². The lowest BCUT2D eigenvalue weighted by molar-refractivity contribution is 0.251. The van der Waals surface area contributed by atoms with Gasteiger partial charge in [0.2, 0.25) is 0 Å². The summed E-state index contributed by atoms with van der Waals surface area (Å²) < 4.78 is 0. The summed E-state index contributed by atoms with van der Waals surface area (Å²) in [6, 6.07) is 10.9. The highest BCUT2D eigenvalue weighted by Crippen LogP contribution is 2.35. The summed E-state index contributed by atoms with van der Waals surface area (Å²) in [6.07, 6.45) is 1.16. The molecular weight excluding hydrogens is 218 g/mol. The van der Waals surface area contributed by atoms with Gasteiger partial charge in [-0.15, -0.1) is 0 Å². The summed E-state index contributed by atoms with van der Waals surface area (Å²) in [5.41, 5.74) is 1.86. The van der Waals surface area contributed by atoms with Gasteiger partial charge in [0.15, 0.2) is 0 Å². The normalized spacial score (nSPS) is 15.7. The SMILES string of the molecule is CCC(CNC(C)(C)C)(c1ccccc1)C(C)C. The molecule has 0 aliphatic rings. The van der Waals surface area contributed by atoms with E-state index in [4.69, 9.17) is 0 Å². The van der Waals surface area contributed by atoms with Crippen molar-refractivity contribution in [3.8, 4) is 0 Å². The van der Waals surface area contributed by atoms with Crippen molar-refractivity contribution in [2.24, 2.45) is 5.92 Å². The minimum atomic E-state index is 0.171. The van der Waals surface area contributed by atoms with Gasteiger partial charge in [-0.25, -0.2) is 0 Å². The van der Waals surface area contributed by atoms with Crippen LogP contribution >= 0.6 is 0 Å². The predicted molar refractivity (Wildman–Crippen MR) is 81.0 cm³/mol. The average Bonchev–Trinajstić information content (AvgIpc) is 2.30. The first-order valence-electron chi connectivity index (χ1n) is 7.12. The van der Waals surface area contributed by atoms with E-state index < -0.39 is 0 Å². The molecular formula is C17H29N. The first-order valence-corrected chi connectivity index (χ1v) is 7.12. The van der Waals surface area contributed by atoms with Crippen LogP contribution in [0.3, 0.4) is 0 Å². The van der Waals surface area contributed by atoms with E-state index in [2.05, 4.69) is 77.2 Å². The first kappa shape index (κ1) is 15.2. The Labute approximate surface area is 113 Å². The highest BCUT2D eigenvalue weighted by molar-refractivity contribution is 5.27. The molecule has 1 rings (SSSR count). The number of rotatable bonds is 5. The molecule has 0 saturated carbocycles. The minimum Gasteiger partial charge on any atom is -0.311 e. The molecule has 1 heteroatoms. The van der Waals surface area contributed by atoms with Gasteiger partial charge in [-0.05, 0) is 38.7 Å². The highest BCUT2D eigenvalue weighted by Gasteiger charge is 2.34. The summed E-state index contributed by atoms with van der Waals surface area (Å²) in [6.45, 7) is 14.7. The van der Waals surface area contributed by atoms with Crippen LogP contribution < -0.4 is 5.32 Å². The molecule has 1 N–H and O–H groups in total. The maximum atomic E-state index is 3.69. The number of nitrogens with one attached hydrogen (secondary N) is 1. The molecule has 0 amide bonds. The van der Waals surface area contributed by atoms with Gasteiger partial charge >= 0.3 is 0 Å². The van der Waals surface area contributed by atoms with Crippen molar-refractivity contribution in [1.82, 2.24) is 5.32 Å². The molecule has 1 nitrogen and oxygen atoms in total. The number of hydrogen-bond acceptors (Lipinski definition) is 1. The maximum Gasteiger partial charge on any atom is 0.00982 e. The number of benzene rings is 1. The molecule has 0 spiro atoms. The largest absolute Gasteiger partial charge is 0.311 e. The molecule has 1 aromatic rings. The Morgan fingerprint density at radius 2 is 1.61 bits per heavy atom. The summed E-state index contributed by atoms with van der Waals surface area (Å²) in [5.74, 6) is 0.625. The van der Waals surface area contributed by atoms with Gasteiger partial charge in [-0.2, -0.15) is 0 Å². The highest BCUT2D eigenvalue weighted by atomic mass is 15.0. The second-order valence-corrected chi connectivity index (χ2v) is 6.63. The van der Waals surface area contributed by atoms with Crippen molar-refractivity contribution in [3.63, 3.8) is 0 Å². The maximum absolute atomic E-state index is 3.69. The molecule has 0 aliphatic heterocycles. The van der Waals surface area contributed by atoms with Crippen LogP contribution in [0.4, 0.5) is 0 Å². The second kappa shape index (κ2) is 5.88. The smallest absolute Gasteiger partial charge is 0.00982 e. The van der Waals surface area contributed by atoms with E-state index in [-0.39, 0.29) is 11.0 Å². The Bertz CT molecular complexity index is 348. The van der Waals surface area contributed by atoms with Gasteiger partial charge < -0.3 is 5.32 Å². The van der Waals surface area contributed by atoms with Gasteiger partial charge in [-0.1, -0.05) is 51.1 Å². The molecule has 18 heavy (non-hydrogen) atoms. The van der Waals surface area contributed by atoms with Crippen molar-refractivity contribution in [1.29, 1.82) is 0 Å². The van der Waals surface area contributed by atoms with Crippen LogP contribution in [0.2, 0.25) is 0 Å². The first-order chi connectivity index (χ1) is 8.32. The quantitative estimate of drug-likeness (QED) is 0.814. The molecule has 102 valence electrons. The topological polar surface area (TPSA) is 12.0 Å². The van der Waals surface area contributed by atoms with Crippen LogP contribution in [0.5, 0.6) is 0 Å². The zero-order chi connectivity index (χ0) is 13.8. The van der Waals surface area contributed by atoms with Gasteiger partial charge in [0.05, 0.1) is 0 Å². The van der Waals surface area contributed by atoms with Crippen LogP contribution in [-0.2, 0) is 5.41 Å². The van der Waals surface area contributed by atoms with Crippen molar-refractivity contribution in [2.45, 2.75) is 58.9 Å². The standard InChI is InChI=1S/C17H29N/c1-7-17(14(2)3,13-18-16(4,5)6)15-11-9-8-10-12-15/h8-12,14,18H,7,13H2,1-6H3. The molecule has 0 fully saturated rings. The Morgan fingerprint density at radius 3 is 2.00 bits per heavy atom.